The van der Waals surface area contributed by atoms with Crippen LogP contribution in [0.2, 0.25) is 5.02 Å². The van der Waals surface area contributed by atoms with E-state index in [0.717, 1.165) is 21.7 Å². The first-order chi connectivity index (χ1) is 9.43. The Morgan fingerprint density at radius 1 is 1.05 bits per heavy atom. The fourth-order valence-corrected chi connectivity index (χ4v) is 2.86. The topological polar surface area (TPSA) is 12.0 Å². The van der Waals surface area contributed by atoms with Crippen molar-refractivity contribution in [3.63, 3.8) is 0 Å². The molecule has 0 fully saturated rings. The minimum Gasteiger partial charge on any atom is -0.309 e. The molecule has 0 radical (unpaired) electrons. The van der Waals surface area contributed by atoms with Crippen LogP contribution in [0.15, 0.2) is 30.3 Å². The lowest BCUT2D eigenvalue weighted by Gasteiger charge is -2.20. The summed E-state index contributed by atoms with van der Waals surface area (Å²) in [5.74, 6) is -0.140. The molecule has 2 aromatic rings. The fourth-order valence-electron chi connectivity index (χ4n) is 2.51. The summed E-state index contributed by atoms with van der Waals surface area (Å²) in [5.41, 5.74) is 4.46. The van der Waals surface area contributed by atoms with E-state index in [4.69, 9.17) is 11.6 Å². The van der Waals surface area contributed by atoms with Gasteiger partial charge in [0, 0.05) is 5.02 Å². The third-order valence-corrected chi connectivity index (χ3v) is 3.88. The molecule has 0 aliphatic heterocycles. The van der Waals surface area contributed by atoms with Crippen molar-refractivity contribution in [3.05, 3.63) is 69.0 Å². The van der Waals surface area contributed by atoms with Gasteiger partial charge in [-0.15, -0.1) is 0 Å². The smallest absolute Gasteiger partial charge is 0.129 e. The molecular formula is C17H19ClFN. The maximum Gasteiger partial charge on any atom is 0.129 e. The third-order valence-electron chi connectivity index (χ3n) is 3.55. The van der Waals surface area contributed by atoms with Crippen LogP contribution in [-0.4, -0.2) is 7.05 Å². The van der Waals surface area contributed by atoms with Gasteiger partial charge >= 0.3 is 0 Å². The molecule has 1 nitrogen and oxygen atoms in total. The van der Waals surface area contributed by atoms with E-state index in [-0.39, 0.29) is 11.9 Å². The predicted molar refractivity (Wildman–Crippen MR) is 83.0 cm³/mol. The van der Waals surface area contributed by atoms with Crippen molar-refractivity contribution in [1.82, 2.24) is 5.32 Å². The van der Waals surface area contributed by atoms with E-state index < -0.39 is 0 Å². The van der Waals surface area contributed by atoms with Gasteiger partial charge in [0.2, 0.25) is 0 Å². The Kier molecular flexibility index (Phi) is 4.46. The Balaban J connectivity index is 2.52. The molecule has 0 aromatic heterocycles. The molecule has 0 amide bonds. The molecule has 1 atom stereocenters. The van der Waals surface area contributed by atoms with Crippen molar-refractivity contribution in [1.29, 1.82) is 0 Å². The first kappa shape index (κ1) is 15.0. The minimum atomic E-state index is -0.140. The average molecular weight is 292 g/mol. The van der Waals surface area contributed by atoms with Crippen LogP contribution >= 0.6 is 11.6 Å². The van der Waals surface area contributed by atoms with Gasteiger partial charge in [0.05, 0.1) is 6.04 Å². The van der Waals surface area contributed by atoms with Crippen LogP contribution in [-0.2, 0) is 0 Å². The number of hydrogen-bond donors (Lipinski definition) is 1. The summed E-state index contributed by atoms with van der Waals surface area (Å²) in [7, 11) is 1.88. The largest absolute Gasteiger partial charge is 0.309 e. The van der Waals surface area contributed by atoms with Crippen molar-refractivity contribution in [2.45, 2.75) is 26.8 Å². The van der Waals surface area contributed by atoms with Crippen molar-refractivity contribution in [3.8, 4) is 0 Å². The molecular weight excluding hydrogens is 273 g/mol. The Morgan fingerprint density at radius 2 is 1.65 bits per heavy atom. The van der Waals surface area contributed by atoms with Gasteiger partial charge in [0.1, 0.15) is 5.82 Å². The Labute approximate surface area is 124 Å². The molecule has 106 valence electrons. The zero-order valence-corrected chi connectivity index (χ0v) is 13.0. The summed E-state index contributed by atoms with van der Waals surface area (Å²) in [4.78, 5) is 0. The number of halogens is 2. The van der Waals surface area contributed by atoms with Gasteiger partial charge < -0.3 is 5.32 Å². The van der Waals surface area contributed by atoms with E-state index in [9.17, 15) is 4.39 Å². The van der Waals surface area contributed by atoms with Crippen LogP contribution < -0.4 is 5.32 Å². The highest BCUT2D eigenvalue weighted by Crippen LogP contribution is 2.30. The third kappa shape index (κ3) is 2.87. The number of nitrogens with one attached hydrogen (secondary N) is 1. The maximum atomic E-state index is 13.8. The average Bonchev–Trinajstić information content (AvgIpc) is 2.39. The zero-order chi connectivity index (χ0) is 14.9. The van der Waals surface area contributed by atoms with Crippen LogP contribution in [0.5, 0.6) is 0 Å². The van der Waals surface area contributed by atoms with Crippen LogP contribution in [0, 0.1) is 26.6 Å². The van der Waals surface area contributed by atoms with E-state index in [2.05, 4.69) is 5.32 Å². The van der Waals surface area contributed by atoms with Gasteiger partial charge in [-0.25, -0.2) is 4.39 Å². The second-order valence-corrected chi connectivity index (χ2v) is 5.62. The highest BCUT2D eigenvalue weighted by Gasteiger charge is 2.17. The lowest BCUT2D eigenvalue weighted by atomic mass is 9.95. The highest BCUT2D eigenvalue weighted by atomic mass is 35.5. The van der Waals surface area contributed by atoms with Gasteiger partial charge in [-0.1, -0.05) is 35.9 Å². The monoisotopic (exact) mass is 291 g/mol. The van der Waals surface area contributed by atoms with E-state index >= 15 is 0 Å². The number of rotatable bonds is 3. The lowest BCUT2D eigenvalue weighted by molar-refractivity contribution is 0.604. The molecule has 2 aromatic carbocycles. The number of benzene rings is 2. The normalized spacial score (nSPS) is 12.5. The molecule has 0 heterocycles. The molecule has 0 saturated carbocycles. The highest BCUT2D eigenvalue weighted by molar-refractivity contribution is 6.31. The fraction of sp³-hybridized carbons (Fsp3) is 0.294. The molecule has 2 rings (SSSR count). The summed E-state index contributed by atoms with van der Waals surface area (Å²) >= 11 is 6.35. The quantitative estimate of drug-likeness (QED) is 0.863. The molecule has 0 aliphatic rings. The van der Waals surface area contributed by atoms with E-state index in [1.165, 1.54) is 0 Å². The van der Waals surface area contributed by atoms with E-state index in [1.807, 2.05) is 44.3 Å². The van der Waals surface area contributed by atoms with E-state index in [1.54, 1.807) is 13.8 Å². The van der Waals surface area contributed by atoms with Crippen LogP contribution in [0.25, 0.3) is 0 Å². The van der Waals surface area contributed by atoms with Gasteiger partial charge in [0.25, 0.3) is 0 Å². The van der Waals surface area contributed by atoms with E-state index in [0.29, 0.717) is 11.1 Å². The van der Waals surface area contributed by atoms with Gasteiger partial charge in [0.15, 0.2) is 0 Å². The van der Waals surface area contributed by atoms with Crippen molar-refractivity contribution in [2.75, 3.05) is 7.05 Å². The summed E-state index contributed by atoms with van der Waals surface area (Å²) in [6, 6.07) is 9.71. The molecule has 20 heavy (non-hydrogen) atoms. The van der Waals surface area contributed by atoms with Crippen molar-refractivity contribution >= 4 is 11.6 Å². The molecule has 1 unspecified atom stereocenters. The number of aryl methyl sites for hydroxylation is 3. The van der Waals surface area contributed by atoms with Crippen molar-refractivity contribution < 1.29 is 4.39 Å². The van der Waals surface area contributed by atoms with Gasteiger partial charge in [-0.05, 0) is 61.7 Å². The standard InChI is InChI=1S/C17H19ClFN/c1-10-5-6-14(15(18)7-10)17(20-4)13-8-11(2)16(19)12(3)9-13/h5-9,17,20H,1-4H3. The molecule has 0 aliphatic carbocycles. The molecule has 3 heteroatoms. The SMILES string of the molecule is CNC(c1cc(C)c(F)c(C)c1)c1ccc(C)cc1Cl. The Bertz CT molecular complexity index is 614. The lowest BCUT2D eigenvalue weighted by Crippen LogP contribution is -2.18. The molecule has 1 N–H and O–H groups in total. The molecule has 0 spiro atoms. The Hall–Kier alpha value is -1.38. The van der Waals surface area contributed by atoms with Gasteiger partial charge in [-0.2, -0.15) is 0 Å². The summed E-state index contributed by atoms with van der Waals surface area (Å²) in [6.45, 7) is 5.58. The predicted octanol–water partition coefficient (Wildman–Crippen LogP) is 4.71. The summed E-state index contributed by atoms with van der Waals surface area (Å²) in [5, 5.41) is 3.99. The van der Waals surface area contributed by atoms with Crippen LogP contribution in [0.4, 0.5) is 4.39 Å². The van der Waals surface area contributed by atoms with Gasteiger partial charge in [-0.3, -0.25) is 0 Å². The Morgan fingerprint density at radius 3 is 2.15 bits per heavy atom. The van der Waals surface area contributed by atoms with Crippen LogP contribution in [0.3, 0.4) is 0 Å². The first-order valence-corrected chi connectivity index (χ1v) is 7.01. The summed E-state index contributed by atoms with van der Waals surface area (Å²) < 4.78 is 13.8. The maximum absolute atomic E-state index is 13.8. The first-order valence-electron chi connectivity index (χ1n) is 6.64. The zero-order valence-electron chi connectivity index (χ0n) is 12.2. The second-order valence-electron chi connectivity index (χ2n) is 5.22. The summed E-state index contributed by atoms with van der Waals surface area (Å²) in [6.07, 6.45) is 0. The second kappa shape index (κ2) is 5.94. The number of hydrogen-bond acceptors (Lipinski definition) is 1. The molecule has 0 bridgehead atoms. The molecule has 0 saturated heterocycles. The van der Waals surface area contributed by atoms with Crippen LogP contribution in [0.1, 0.15) is 33.9 Å². The van der Waals surface area contributed by atoms with Crippen molar-refractivity contribution in [2.24, 2.45) is 0 Å². The minimum absolute atomic E-state index is 0.0406.